The molecule has 1 aromatic heterocycles. The fourth-order valence-electron chi connectivity index (χ4n) is 1.91. The van der Waals surface area contributed by atoms with Gasteiger partial charge in [0.25, 0.3) is 0 Å². The van der Waals surface area contributed by atoms with Gasteiger partial charge in [0, 0.05) is 17.3 Å². The fraction of sp³-hybridized carbons (Fsp3) is 0.429. The normalized spacial score (nSPS) is 10.7. The predicted octanol–water partition coefficient (Wildman–Crippen LogP) is 3.58. The molecule has 3 nitrogen and oxygen atoms in total. The number of unbranched alkanes of at least 4 members (excludes halogenated alkanes) is 2. The number of hydrogen-bond donors (Lipinski definition) is 1. The van der Waals surface area contributed by atoms with E-state index in [1.165, 1.54) is 25.0 Å². The van der Waals surface area contributed by atoms with Gasteiger partial charge in [0.05, 0.1) is 6.20 Å². The van der Waals surface area contributed by atoms with E-state index >= 15 is 0 Å². The van der Waals surface area contributed by atoms with Crippen LogP contribution in [-0.4, -0.2) is 28.8 Å². The van der Waals surface area contributed by atoms with Gasteiger partial charge in [-0.05, 0) is 24.9 Å². The molecule has 18 heavy (non-hydrogen) atoms. The first kappa shape index (κ1) is 13.1. The van der Waals surface area contributed by atoms with E-state index < -0.39 is 0 Å². The summed E-state index contributed by atoms with van der Waals surface area (Å²) in [6.45, 7) is 0.969. The lowest BCUT2D eigenvalue weighted by molar-refractivity contribution is 0.747. The molecule has 0 saturated carbocycles. The molecule has 4 heteroatoms. The molecule has 0 radical (unpaired) electrons. The third-order valence-electron chi connectivity index (χ3n) is 2.89. The molecule has 0 amide bonds. The van der Waals surface area contributed by atoms with Crippen molar-refractivity contribution in [2.24, 2.45) is 0 Å². The van der Waals surface area contributed by atoms with Crippen LogP contribution < -0.4 is 5.32 Å². The lowest BCUT2D eigenvalue weighted by atomic mass is 10.2. The smallest absolute Gasteiger partial charge is 0.156 e. The second kappa shape index (κ2) is 7.21. The van der Waals surface area contributed by atoms with Crippen LogP contribution in [0.15, 0.2) is 30.5 Å². The molecule has 2 aromatic rings. The van der Waals surface area contributed by atoms with Gasteiger partial charge in [0.15, 0.2) is 5.82 Å². The van der Waals surface area contributed by atoms with Gasteiger partial charge in [-0.2, -0.15) is 16.9 Å². The summed E-state index contributed by atoms with van der Waals surface area (Å²) in [4.78, 5) is 0. The van der Waals surface area contributed by atoms with Crippen LogP contribution in [0.4, 0.5) is 5.82 Å². The Labute approximate surface area is 112 Å². The average Bonchev–Trinajstić information content (AvgIpc) is 2.43. The lowest BCUT2D eigenvalue weighted by Crippen LogP contribution is -2.04. The molecular formula is C14H19N3S. The molecule has 0 saturated heterocycles. The van der Waals surface area contributed by atoms with Gasteiger partial charge in [-0.25, -0.2) is 0 Å². The minimum atomic E-state index is 0.901. The molecule has 0 aliphatic heterocycles. The monoisotopic (exact) mass is 261 g/mol. The zero-order chi connectivity index (χ0) is 12.6. The molecule has 0 fully saturated rings. The molecule has 1 heterocycles. The van der Waals surface area contributed by atoms with E-state index in [-0.39, 0.29) is 0 Å². The third kappa shape index (κ3) is 3.60. The highest BCUT2D eigenvalue weighted by atomic mass is 32.2. The summed E-state index contributed by atoms with van der Waals surface area (Å²) >= 11 is 1.92. The van der Waals surface area contributed by atoms with Crippen LogP contribution in [0.3, 0.4) is 0 Å². The van der Waals surface area contributed by atoms with E-state index in [9.17, 15) is 0 Å². The average molecular weight is 261 g/mol. The summed E-state index contributed by atoms with van der Waals surface area (Å²) in [7, 11) is 0. The number of nitrogens with zero attached hydrogens (tertiary/aromatic N) is 2. The van der Waals surface area contributed by atoms with Gasteiger partial charge < -0.3 is 5.32 Å². The number of rotatable bonds is 7. The van der Waals surface area contributed by atoms with Crippen molar-refractivity contribution in [1.29, 1.82) is 0 Å². The van der Waals surface area contributed by atoms with Gasteiger partial charge >= 0.3 is 0 Å². The summed E-state index contributed by atoms with van der Waals surface area (Å²) in [5, 5.41) is 13.9. The number of anilines is 1. The lowest BCUT2D eigenvalue weighted by Gasteiger charge is -2.07. The molecule has 1 aromatic carbocycles. The predicted molar refractivity (Wildman–Crippen MR) is 80.3 cm³/mol. The molecule has 0 aliphatic rings. The molecule has 0 unspecified atom stereocenters. The number of benzene rings is 1. The minimum absolute atomic E-state index is 0.901. The van der Waals surface area contributed by atoms with Crippen molar-refractivity contribution in [2.75, 3.05) is 23.9 Å². The highest BCUT2D eigenvalue weighted by Crippen LogP contribution is 2.19. The largest absolute Gasteiger partial charge is 0.368 e. The maximum absolute atomic E-state index is 4.18. The highest BCUT2D eigenvalue weighted by Gasteiger charge is 2.01. The highest BCUT2D eigenvalue weighted by molar-refractivity contribution is 7.98. The maximum Gasteiger partial charge on any atom is 0.156 e. The quantitative estimate of drug-likeness (QED) is 0.773. The van der Waals surface area contributed by atoms with Crippen LogP contribution in [0.5, 0.6) is 0 Å². The number of thioether (sulfide) groups is 1. The first-order valence-corrected chi connectivity index (χ1v) is 7.74. The van der Waals surface area contributed by atoms with Crippen LogP contribution in [0, 0.1) is 0 Å². The van der Waals surface area contributed by atoms with Gasteiger partial charge in [0.2, 0.25) is 0 Å². The summed E-state index contributed by atoms with van der Waals surface area (Å²) in [5.41, 5.74) is 0. The Bertz CT molecular complexity index is 482. The summed E-state index contributed by atoms with van der Waals surface area (Å²) < 4.78 is 0. The maximum atomic E-state index is 4.18. The van der Waals surface area contributed by atoms with Crippen molar-refractivity contribution in [3.05, 3.63) is 30.5 Å². The van der Waals surface area contributed by atoms with E-state index in [0.29, 0.717) is 0 Å². The fourth-order valence-corrected chi connectivity index (χ4v) is 2.41. The van der Waals surface area contributed by atoms with Crippen molar-refractivity contribution in [1.82, 2.24) is 10.2 Å². The molecule has 0 spiro atoms. The molecule has 0 atom stereocenters. The van der Waals surface area contributed by atoms with Gasteiger partial charge in [-0.3, -0.25) is 0 Å². The first-order valence-electron chi connectivity index (χ1n) is 6.35. The third-order valence-corrected chi connectivity index (χ3v) is 3.59. The second-order valence-electron chi connectivity index (χ2n) is 4.26. The van der Waals surface area contributed by atoms with E-state index in [1.807, 2.05) is 23.9 Å². The molecule has 96 valence electrons. The Morgan fingerprint density at radius 1 is 1.17 bits per heavy atom. The Morgan fingerprint density at radius 2 is 2.06 bits per heavy atom. The summed E-state index contributed by atoms with van der Waals surface area (Å²) in [6.07, 6.45) is 7.71. The molecular weight excluding hydrogens is 242 g/mol. The Morgan fingerprint density at radius 3 is 2.94 bits per heavy atom. The molecule has 0 bridgehead atoms. The standard InChI is InChI=1S/C14H19N3S/c1-18-10-6-2-5-9-15-14-13-8-4-3-7-12(13)11-16-17-14/h3-4,7-8,11H,2,5-6,9-10H2,1H3,(H,15,17). The summed E-state index contributed by atoms with van der Waals surface area (Å²) in [5.74, 6) is 2.16. The number of hydrogen-bond acceptors (Lipinski definition) is 4. The van der Waals surface area contributed by atoms with E-state index in [2.05, 4.69) is 33.9 Å². The van der Waals surface area contributed by atoms with Crippen molar-refractivity contribution < 1.29 is 0 Å². The second-order valence-corrected chi connectivity index (χ2v) is 5.25. The van der Waals surface area contributed by atoms with Crippen molar-refractivity contribution >= 4 is 28.4 Å². The molecule has 0 aliphatic carbocycles. The van der Waals surface area contributed by atoms with Crippen molar-refractivity contribution in [3.63, 3.8) is 0 Å². The number of aromatic nitrogens is 2. The van der Waals surface area contributed by atoms with Gasteiger partial charge in [-0.1, -0.05) is 30.7 Å². The van der Waals surface area contributed by atoms with Crippen LogP contribution >= 0.6 is 11.8 Å². The zero-order valence-corrected chi connectivity index (χ0v) is 11.5. The van der Waals surface area contributed by atoms with Crippen molar-refractivity contribution in [3.8, 4) is 0 Å². The Balaban J connectivity index is 1.88. The van der Waals surface area contributed by atoms with Crippen molar-refractivity contribution in [2.45, 2.75) is 19.3 Å². The Kier molecular flexibility index (Phi) is 5.27. The molecule has 2 rings (SSSR count). The van der Waals surface area contributed by atoms with Crippen LogP contribution in [0.1, 0.15) is 19.3 Å². The Hall–Kier alpha value is -1.29. The summed E-state index contributed by atoms with van der Waals surface area (Å²) in [6, 6.07) is 8.21. The van der Waals surface area contributed by atoms with Gasteiger partial charge in [-0.15, -0.1) is 5.10 Å². The first-order chi connectivity index (χ1) is 8.92. The minimum Gasteiger partial charge on any atom is -0.368 e. The number of nitrogens with one attached hydrogen (secondary N) is 1. The van der Waals surface area contributed by atoms with Crippen LogP contribution in [0.25, 0.3) is 10.8 Å². The van der Waals surface area contributed by atoms with Crippen LogP contribution in [0.2, 0.25) is 0 Å². The van der Waals surface area contributed by atoms with E-state index in [4.69, 9.17) is 0 Å². The molecule has 1 N–H and O–H groups in total. The van der Waals surface area contributed by atoms with Gasteiger partial charge in [0.1, 0.15) is 0 Å². The van der Waals surface area contributed by atoms with E-state index in [1.54, 1.807) is 6.20 Å². The number of fused-ring (bicyclic) bond motifs is 1. The van der Waals surface area contributed by atoms with Crippen LogP contribution in [-0.2, 0) is 0 Å². The topological polar surface area (TPSA) is 37.8 Å². The zero-order valence-electron chi connectivity index (χ0n) is 10.7. The SMILES string of the molecule is CSCCCCCNc1nncc2ccccc12. The van der Waals surface area contributed by atoms with E-state index in [0.717, 1.165) is 23.1 Å².